The van der Waals surface area contributed by atoms with Crippen molar-refractivity contribution in [3.63, 3.8) is 0 Å². The molecular formula is C22H27KN4O4S. The van der Waals surface area contributed by atoms with Gasteiger partial charge in [-0.1, -0.05) is 19.8 Å². The summed E-state index contributed by atoms with van der Waals surface area (Å²) in [5.41, 5.74) is 2.33. The Morgan fingerprint density at radius 1 is 1.25 bits per heavy atom. The van der Waals surface area contributed by atoms with Crippen LogP contribution >= 0.6 is 0 Å². The predicted molar refractivity (Wildman–Crippen MR) is 122 cm³/mol. The Hall–Kier alpha value is -1.43. The summed E-state index contributed by atoms with van der Waals surface area (Å²) in [6.45, 7) is 3.81. The average Bonchev–Trinajstić information content (AvgIpc) is 3.24. The van der Waals surface area contributed by atoms with Crippen molar-refractivity contribution in [2.24, 2.45) is 7.05 Å². The van der Waals surface area contributed by atoms with E-state index in [-0.39, 0.29) is 57.1 Å². The molecule has 0 aliphatic carbocycles. The van der Waals surface area contributed by atoms with Crippen LogP contribution in [0.1, 0.15) is 37.4 Å². The van der Waals surface area contributed by atoms with Gasteiger partial charge in [-0.15, -0.1) is 0 Å². The molecule has 8 nitrogen and oxygen atoms in total. The van der Waals surface area contributed by atoms with E-state index in [4.69, 9.17) is 4.74 Å². The zero-order valence-electron chi connectivity index (χ0n) is 19.2. The van der Waals surface area contributed by atoms with E-state index in [2.05, 4.69) is 9.82 Å². The molecule has 0 spiro atoms. The maximum atomic E-state index is 12.2. The van der Waals surface area contributed by atoms with Crippen LogP contribution in [0.2, 0.25) is 0 Å². The van der Waals surface area contributed by atoms with Gasteiger partial charge in [0.1, 0.15) is 11.6 Å². The quantitative estimate of drug-likeness (QED) is 0.259. The SMILES string of the molecule is CCCCCS(=O)(=O)[N-]C(=O)/C=C/c1c(C)nn(C)c1-n1ccc2ccc(OC)cc21.[K+]. The monoisotopic (exact) mass is 482 g/mol. The number of rotatable bonds is 9. The second-order valence-corrected chi connectivity index (χ2v) is 9.07. The summed E-state index contributed by atoms with van der Waals surface area (Å²) in [6, 6.07) is 7.76. The maximum Gasteiger partial charge on any atom is 1.00 e. The largest absolute Gasteiger partial charge is 1.00 e. The van der Waals surface area contributed by atoms with E-state index in [1.54, 1.807) is 17.9 Å². The van der Waals surface area contributed by atoms with E-state index in [1.807, 2.05) is 55.9 Å². The Labute approximate surface area is 231 Å². The Kier molecular flexibility index (Phi) is 9.74. The van der Waals surface area contributed by atoms with Crippen molar-refractivity contribution in [2.75, 3.05) is 12.9 Å². The number of hydrogen-bond donors (Lipinski definition) is 0. The Bertz CT molecular complexity index is 1230. The second-order valence-electron chi connectivity index (χ2n) is 7.31. The number of hydrogen-bond acceptors (Lipinski definition) is 5. The zero-order valence-corrected chi connectivity index (χ0v) is 23.1. The molecule has 0 radical (unpaired) electrons. The minimum Gasteiger partial charge on any atom is -0.542 e. The minimum atomic E-state index is -3.77. The van der Waals surface area contributed by atoms with Crippen LogP contribution in [-0.4, -0.2) is 41.5 Å². The van der Waals surface area contributed by atoms with Crippen LogP contribution in [0.5, 0.6) is 5.75 Å². The molecule has 0 N–H and O–H groups in total. The van der Waals surface area contributed by atoms with Crippen molar-refractivity contribution in [1.82, 2.24) is 14.3 Å². The van der Waals surface area contributed by atoms with Crippen molar-refractivity contribution in [2.45, 2.75) is 33.1 Å². The Morgan fingerprint density at radius 2 is 2.00 bits per heavy atom. The van der Waals surface area contributed by atoms with E-state index in [0.717, 1.165) is 35.3 Å². The van der Waals surface area contributed by atoms with Gasteiger partial charge in [0.2, 0.25) is 0 Å². The van der Waals surface area contributed by atoms with E-state index >= 15 is 0 Å². The number of aromatic nitrogens is 3. The van der Waals surface area contributed by atoms with E-state index in [9.17, 15) is 13.2 Å². The third kappa shape index (κ3) is 6.33. The number of unbranched alkanes of at least 4 members (excludes halogenated alkanes) is 2. The fraction of sp³-hybridized carbons (Fsp3) is 0.364. The van der Waals surface area contributed by atoms with Gasteiger partial charge in [0.05, 0.1) is 34.3 Å². The maximum absolute atomic E-state index is 12.2. The smallest absolute Gasteiger partial charge is 0.542 e. The van der Waals surface area contributed by atoms with Crippen molar-refractivity contribution in [1.29, 1.82) is 0 Å². The van der Waals surface area contributed by atoms with Gasteiger partial charge in [0, 0.05) is 36.0 Å². The zero-order chi connectivity index (χ0) is 22.6. The van der Waals surface area contributed by atoms with E-state index in [1.165, 1.54) is 6.08 Å². The van der Waals surface area contributed by atoms with Crippen molar-refractivity contribution in [3.05, 3.63) is 52.5 Å². The number of fused-ring (bicyclic) bond motifs is 1. The number of carbonyl (C=O) groups is 1. The van der Waals surface area contributed by atoms with Crippen molar-refractivity contribution < 1.29 is 69.3 Å². The second kappa shape index (κ2) is 11.6. The van der Waals surface area contributed by atoms with Crippen LogP contribution < -0.4 is 56.1 Å². The summed E-state index contributed by atoms with van der Waals surface area (Å²) in [5.74, 6) is 0.556. The molecule has 32 heavy (non-hydrogen) atoms. The summed E-state index contributed by atoms with van der Waals surface area (Å²) in [4.78, 5) is 12.2. The number of nitrogens with zero attached hydrogens (tertiary/aromatic N) is 4. The van der Waals surface area contributed by atoms with Crippen LogP contribution in [0.3, 0.4) is 0 Å². The van der Waals surface area contributed by atoms with Crippen LogP contribution in [-0.2, 0) is 21.9 Å². The topological polar surface area (TPSA) is 97.3 Å². The molecular weight excluding hydrogens is 455 g/mol. The van der Waals surface area contributed by atoms with Gasteiger partial charge in [0.15, 0.2) is 0 Å². The molecule has 2 aromatic heterocycles. The molecule has 0 fully saturated rings. The summed E-state index contributed by atoms with van der Waals surface area (Å²) in [6.07, 6.45) is 6.84. The molecule has 0 aliphatic heterocycles. The number of benzene rings is 1. The van der Waals surface area contributed by atoms with Crippen molar-refractivity contribution >= 4 is 32.9 Å². The van der Waals surface area contributed by atoms with Gasteiger partial charge in [0.25, 0.3) is 0 Å². The first-order chi connectivity index (χ1) is 14.8. The minimum absolute atomic E-state index is 0. The molecule has 0 bridgehead atoms. The molecule has 0 unspecified atom stereocenters. The molecule has 10 heteroatoms. The molecule has 1 aromatic carbocycles. The van der Waals surface area contributed by atoms with Gasteiger partial charge in [-0.25, -0.2) is 8.42 Å². The summed E-state index contributed by atoms with van der Waals surface area (Å²) < 4.78 is 36.4. The van der Waals surface area contributed by atoms with Crippen molar-refractivity contribution in [3.8, 4) is 11.6 Å². The molecule has 1 amide bonds. The van der Waals surface area contributed by atoms with Crippen LogP contribution in [0.15, 0.2) is 36.5 Å². The molecule has 3 rings (SSSR count). The van der Waals surface area contributed by atoms with E-state index in [0.29, 0.717) is 17.7 Å². The van der Waals surface area contributed by atoms with Gasteiger partial charge >= 0.3 is 51.4 Å². The van der Waals surface area contributed by atoms with Crippen LogP contribution in [0, 0.1) is 6.92 Å². The summed E-state index contributed by atoms with van der Waals surface area (Å²) >= 11 is 0. The molecule has 3 aromatic rings. The predicted octanol–water partition coefficient (Wildman–Crippen LogP) is 1.12. The molecule has 2 heterocycles. The van der Waals surface area contributed by atoms with Gasteiger partial charge in [-0.3, -0.25) is 4.68 Å². The van der Waals surface area contributed by atoms with Gasteiger partial charge < -0.3 is 18.8 Å². The number of amides is 1. The van der Waals surface area contributed by atoms with E-state index < -0.39 is 15.9 Å². The standard InChI is InChI=1S/C22H28N4O4S.K/c1-5-6-7-14-31(28,29)24-21(27)11-10-19-16(2)23-25(3)22(19)26-13-12-17-8-9-18(30-4)15-20(17)26;/h8-13,15H,5-7,14H2,1-4H3,(H,24,27);/q;+1/p-1/b11-10+;. The van der Waals surface area contributed by atoms with Gasteiger partial charge in [-0.2, -0.15) is 5.10 Å². The number of ether oxygens (including phenoxy) is 1. The first-order valence-electron chi connectivity index (χ1n) is 10.1. The Balaban J connectivity index is 0.00000363. The first kappa shape index (κ1) is 26.8. The van der Waals surface area contributed by atoms with Crippen LogP contribution in [0.4, 0.5) is 0 Å². The molecule has 0 saturated carbocycles. The summed E-state index contributed by atoms with van der Waals surface area (Å²) in [7, 11) is -0.339. The number of methoxy groups -OCH3 is 1. The number of sulfonamides is 1. The average molecular weight is 483 g/mol. The molecule has 166 valence electrons. The fourth-order valence-corrected chi connectivity index (χ4v) is 4.46. The molecule has 0 atom stereocenters. The van der Waals surface area contributed by atoms with Gasteiger partial charge in [-0.05, 0) is 43.7 Å². The van der Waals surface area contributed by atoms with Crippen LogP contribution in [0.25, 0.3) is 27.5 Å². The Morgan fingerprint density at radius 3 is 2.69 bits per heavy atom. The third-order valence-electron chi connectivity index (χ3n) is 4.99. The molecule has 0 aliphatic rings. The number of aryl methyl sites for hydroxylation is 2. The molecule has 0 saturated heterocycles. The number of carbonyl (C=O) groups excluding carboxylic acids is 1. The normalized spacial score (nSPS) is 11.6. The fourth-order valence-electron chi connectivity index (χ4n) is 3.47. The first-order valence-corrected chi connectivity index (χ1v) is 11.7. The third-order valence-corrected chi connectivity index (χ3v) is 6.26. The summed E-state index contributed by atoms with van der Waals surface area (Å²) in [5, 5.41) is 5.50.